The zero-order valence-corrected chi connectivity index (χ0v) is 15.5. The smallest absolute Gasteiger partial charge is 0.271 e. The van der Waals surface area contributed by atoms with Crippen LogP contribution in [0.4, 0.5) is 0 Å². The van der Waals surface area contributed by atoms with Crippen molar-refractivity contribution in [3.05, 3.63) is 71.2 Å². The molecule has 0 N–H and O–H groups in total. The van der Waals surface area contributed by atoms with Gasteiger partial charge in [-0.1, -0.05) is 36.4 Å². The van der Waals surface area contributed by atoms with E-state index in [4.69, 9.17) is 0 Å². The summed E-state index contributed by atoms with van der Waals surface area (Å²) in [7, 11) is 3.23. The van der Waals surface area contributed by atoms with Gasteiger partial charge in [0.25, 0.3) is 11.8 Å². The molecule has 1 saturated heterocycles. The summed E-state index contributed by atoms with van der Waals surface area (Å²) in [6.45, 7) is 1.78. The van der Waals surface area contributed by atoms with Gasteiger partial charge in [-0.05, 0) is 24.6 Å². The first-order chi connectivity index (χ1) is 12.9. The number of benzene rings is 1. The highest BCUT2D eigenvalue weighted by Crippen LogP contribution is 2.31. The number of carbonyl (C=O) groups is 2. The lowest BCUT2D eigenvalue weighted by Gasteiger charge is -2.45. The molecular weight excluding hydrogens is 340 g/mol. The van der Waals surface area contributed by atoms with E-state index < -0.39 is 5.54 Å². The standard InChI is InChI=1S/C21H20N4O2/c1-21(13-15-8-5-4-6-9-15)20(27)24(2)18(19(26)25(21)3)12-16-10-7-11-23-17(16)14-22/h4-12H,13H2,1-3H3/b18-12-/t21-/m1/s1. The molecule has 1 aliphatic heterocycles. The number of nitrogens with zero attached hydrogens (tertiary/aromatic N) is 4. The number of likely N-dealkylation sites (N-methyl/N-ethyl adjacent to an activating group) is 2. The molecule has 0 spiro atoms. The van der Waals surface area contributed by atoms with Crippen LogP contribution in [0.15, 0.2) is 54.4 Å². The van der Waals surface area contributed by atoms with Gasteiger partial charge in [-0.15, -0.1) is 0 Å². The Labute approximate surface area is 158 Å². The van der Waals surface area contributed by atoms with Crippen LogP contribution in [-0.2, 0) is 16.0 Å². The van der Waals surface area contributed by atoms with Crippen LogP contribution in [0.1, 0.15) is 23.7 Å². The quantitative estimate of drug-likeness (QED) is 0.787. The van der Waals surface area contributed by atoms with Gasteiger partial charge in [0.1, 0.15) is 23.0 Å². The van der Waals surface area contributed by atoms with E-state index in [-0.39, 0.29) is 23.2 Å². The van der Waals surface area contributed by atoms with Crippen LogP contribution in [0.5, 0.6) is 0 Å². The van der Waals surface area contributed by atoms with Gasteiger partial charge in [-0.2, -0.15) is 5.26 Å². The van der Waals surface area contributed by atoms with Gasteiger partial charge in [0, 0.05) is 32.3 Å². The molecule has 27 heavy (non-hydrogen) atoms. The monoisotopic (exact) mass is 360 g/mol. The maximum absolute atomic E-state index is 13.2. The van der Waals surface area contributed by atoms with Crippen molar-refractivity contribution in [3.63, 3.8) is 0 Å². The van der Waals surface area contributed by atoms with E-state index in [1.807, 2.05) is 36.4 Å². The summed E-state index contributed by atoms with van der Waals surface area (Å²) in [5.74, 6) is -0.453. The maximum Gasteiger partial charge on any atom is 0.271 e. The normalized spacial score (nSPS) is 21.5. The molecule has 3 rings (SSSR count). The lowest BCUT2D eigenvalue weighted by molar-refractivity contribution is -0.155. The highest BCUT2D eigenvalue weighted by atomic mass is 16.2. The van der Waals surface area contributed by atoms with Crippen molar-refractivity contribution in [1.29, 1.82) is 5.26 Å². The molecule has 2 aromatic rings. The molecule has 6 heteroatoms. The van der Waals surface area contributed by atoms with Gasteiger partial charge < -0.3 is 9.80 Å². The maximum atomic E-state index is 13.2. The topological polar surface area (TPSA) is 77.3 Å². The minimum absolute atomic E-state index is 0.179. The number of hydrogen-bond donors (Lipinski definition) is 0. The van der Waals surface area contributed by atoms with E-state index in [0.717, 1.165) is 5.56 Å². The lowest BCUT2D eigenvalue weighted by atomic mass is 9.87. The lowest BCUT2D eigenvalue weighted by Crippen LogP contribution is -2.64. The van der Waals surface area contributed by atoms with E-state index in [2.05, 4.69) is 4.98 Å². The van der Waals surface area contributed by atoms with E-state index >= 15 is 0 Å². The summed E-state index contributed by atoms with van der Waals surface area (Å²) in [5.41, 5.74) is 0.921. The third kappa shape index (κ3) is 3.20. The molecule has 1 atom stereocenters. The summed E-state index contributed by atoms with van der Waals surface area (Å²) >= 11 is 0. The first-order valence-corrected chi connectivity index (χ1v) is 8.55. The Bertz CT molecular complexity index is 962. The molecule has 1 aromatic carbocycles. The first-order valence-electron chi connectivity index (χ1n) is 8.55. The third-order valence-electron chi connectivity index (χ3n) is 5.02. The molecule has 0 radical (unpaired) electrons. The molecule has 0 unspecified atom stereocenters. The molecular formula is C21H20N4O2. The van der Waals surface area contributed by atoms with Crippen molar-refractivity contribution in [2.24, 2.45) is 0 Å². The summed E-state index contributed by atoms with van der Waals surface area (Å²) in [6, 6.07) is 15.0. The Kier molecular flexibility index (Phi) is 4.78. The molecule has 136 valence electrons. The number of rotatable bonds is 3. The van der Waals surface area contributed by atoms with Crippen LogP contribution in [0.25, 0.3) is 6.08 Å². The van der Waals surface area contributed by atoms with Crippen LogP contribution >= 0.6 is 0 Å². The second-order valence-electron chi connectivity index (χ2n) is 6.75. The van der Waals surface area contributed by atoms with Crippen LogP contribution < -0.4 is 0 Å². The van der Waals surface area contributed by atoms with Gasteiger partial charge in [0.2, 0.25) is 0 Å². The van der Waals surface area contributed by atoms with Crippen molar-refractivity contribution in [2.45, 2.75) is 18.9 Å². The van der Waals surface area contributed by atoms with Crippen molar-refractivity contribution in [3.8, 4) is 6.07 Å². The highest BCUT2D eigenvalue weighted by molar-refractivity contribution is 6.08. The fraction of sp³-hybridized carbons (Fsp3) is 0.238. The molecule has 0 bridgehead atoms. The van der Waals surface area contributed by atoms with Crippen LogP contribution in [0, 0.1) is 11.3 Å². The van der Waals surface area contributed by atoms with Crippen molar-refractivity contribution >= 4 is 17.9 Å². The summed E-state index contributed by atoms with van der Waals surface area (Å²) in [4.78, 5) is 33.1. The van der Waals surface area contributed by atoms with E-state index in [1.54, 1.807) is 39.2 Å². The molecule has 0 saturated carbocycles. The SMILES string of the molecule is CN1C(=O)[C@@](C)(Cc2ccccc2)N(C)C(=O)/C1=C/c1cccnc1C#N. The number of hydrogen-bond acceptors (Lipinski definition) is 4. The van der Waals surface area contributed by atoms with Crippen LogP contribution in [-0.4, -0.2) is 46.2 Å². The Morgan fingerprint density at radius 3 is 2.52 bits per heavy atom. The molecule has 6 nitrogen and oxygen atoms in total. The Hall–Kier alpha value is -3.46. The molecule has 1 fully saturated rings. The summed E-state index contributed by atoms with van der Waals surface area (Å²) < 4.78 is 0. The average molecular weight is 360 g/mol. The molecule has 2 amide bonds. The van der Waals surface area contributed by atoms with Gasteiger partial charge in [0.05, 0.1) is 0 Å². The third-order valence-corrected chi connectivity index (χ3v) is 5.02. The van der Waals surface area contributed by atoms with E-state index in [1.165, 1.54) is 16.0 Å². The van der Waals surface area contributed by atoms with Gasteiger partial charge >= 0.3 is 0 Å². The second-order valence-corrected chi connectivity index (χ2v) is 6.75. The number of carbonyl (C=O) groups excluding carboxylic acids is 2. The predicted octanol–water partition coefficient (Wildman–Crippen LogP) is 2.23. The largest absolute Gasteiger partial charge is 0.326 e. The van der Waals surface area contributed by atoms with Gasteiger partial charge in [-0.25, -0.2) is 4.98 Å². The minimum atomic E-state index is -0.989. The number of nitriles is 1. The van der Waals surface area contributed by atoms with Crippen molar-refractivity contribution < 1.29 is 9.59 Å². The zero-order valence-electron chi connectivity index (χ0n) is 15.5. The van der Waals surface area contributed by atoms with Gasteiger partial charge in [0.15, 0.2) is 0 Å². The van der Waals surface area contributed by atoms with Crippen molar-refractivity contribution in [2.75, 3.05) is 14.1 Å². The summed E-state index contributed by atoms with van der Waals surface area (Å²) in [6.07, 6.45) is 3.48. The van der Waals surface area contributed by atoms with Gasteiger partial charge in [-0.3, -0.25) is 9.59 Å². The molecule has 0 aliphatic carbocycles. The number of pyridine rings is 1. The number of aromatic nitrogens is 1. The fourth-order valence-electron chi connectivity index (χ4n) is 3.27. The predicted molar refractivity (Wildman–Crippen MR) is 101 cm³/mol. The Morgan fingerprint density at radius 1 is 1.15 bits per heavy atom. The number of piperazine rings is 1. The first kappa shape index (κ1) is 18.3. The Morgan fingerprint density at radius 2 is 1.85 bits per heavy atom. The molecule has 1 aromatic heterocycles. The number of amides is 2. The van der Waals surface area contributed by atoms with E-state index in [9.17, 15) is 14.9 Å². The zero-order chi connectivity index (χ0) is 19.6. The fourth-order valence-corrected chi connectivity index (χ4v) is 3.27. The minimum Gasteiger partial charge on any atom is -0.326 e. The summed E-state index contributed by atoms with van der Waals surface area (Å²) in [5, 5.41) is 9.21. The van der Waals surface area contributed by atoms with Crippen molar-refractivity contribution in [1.82, 2.24) is 14.8 Å². The van der Waals surface area contributed by atoms with Crippen LogP contribution in [0.3, 0.4) is 0 Å². The average Bonchev–Trinajstić information content (AvgIpc) is 2.69. The van der Waals surface area contributed by atoms with Crippen LogP contribution in [0.2, 0.25) is 0 Å². The van der Waals surface area contributed by atoms with E-state index in [0.29, 0.717) is 12.0 Å². The Balaban J connectivity index is 2.00. The molecule has 2 heterocycles. The second kappa shape index (κ2) is 7.04. The molecule has 1 aliphatic rings. The highest BCUT2D eigenvalue weighted by Gasteiger charge is 2.48.